The molecule has 0 aliphatic carbocycles. The number of rotatable bonds is 1. The van der Waals surface area contributed by atoms with E-state index in [1.807, 2.05) is 0 Å². The van der Waals surface area contributed by atoms with Crippen molar-refractivity contribution in [2.75, 3.05) is 0 Å². The summed E-state index contributed by atoms with van der Waals surface area (Å²) in [7, 11) is 0. The van der Waals surface area contributed by atoms with Crippen LogP contribution in [0.1, 0.15) is 9.67 Å². The number of hydrogen-bond donors (Lipinski definition) is 2. The molecule has 0 radical (unpaired) electrons. The number of halogens is 1. The van der Waals surface area contributed by atoms with Crippen LogP contribution in [0.25, 0.3) is 10.1 Å². The summed E-state index contributed by atoms with van der Waals surface area (Å²) in [6.07, 6.45) is 0. The van der Waals surface area contributed by atoms with Gasteiger partial charge < -0.3 is 10.2 Å². The summed E-state index contributed by atoms with van der Waals surface area (Å²) in [5.41, 5.74) is 0. The Morgan fingerprint density at radius 3 is 2.79 bits per heavy atom. The van der Waals surface area contributed by atoms with Crippen LogP contribution >= 0.6 is 22.9 Å². The van der Waals surface area contributed by atoms with E-state index in [2.05, 4.69) is 0 Å². The van der Waals surface area contributed by atoms with Crippen molar-refractivity contribution in [1.82, 2.24) is 0 Å². The lowest BCUT2D eigenvalue weighted by molar-refractivity contribution is 0.0699. The molecule has 0 spiro atoms. The molecule has 0 bridgehead atoms. The zero-order chi connectivity index (χ0) is 10.3. The number of carboxylic acids is 1. The van der Waals surface area contributed by atoms with Crippen LogP contribution < -0.4 is 0 Å². The number of aromatic carboxylic acids is 1. The summed E-state index contributed by atoms with van der Waals surface area (Å²) in [6.45, 7) is 0. The van der Waals surface area contributed by atoms with Crippen LogP contribution in [0.3, 0.4) is 0 Å². The highest BCUT2D eigenvalue weighted by atomic mass is 35.5. The summed E-state index contributed by atoms with van der Waals surface area (Å²) in [6, 6.07) is 4.90. The molecule has 0 fully saturated rings. The van der Waals surface area contributed by atoms with Gasteiger partial charge in [0, 0.05) is 15.1 Å². The summed E-state index contributed by atoms with van der Waals surface area (Å²) in [5, 5.41) is 19.3. The Hall–Kier alpha value is -1.26. The minimum Gasteiger partial charge on any atom is -0.505 e. The van der Waals surface area contributed by atoms with Crippen LogP contribution in [-0.2, 0) is 0 Å². The number of fused-ring (bicyclic) bond motifs is 1. The first-order valence-corrected chi connectivity index (χ1v) is 4.93. The maximum absolute atomic E-state index is 10.7. The fraction of sp³-hybridized carbons (Fsp3) is 0. The van der Waals surface area contributed by atoms with E-state index >= 15 is 0 Å². The Kier molecular flexibility index (Phi) is 2.09. The van der Waals surface area contributed by atoms with Crippen molar-refractivity contribution in [3.63, 3.8) is 0 Å². The molecular formula is C9H5ClO3S. The number of carboxylic acid groups (broad SMARTS) is 1. The molecule has 1 aromatic heterocycles. The molecule has 72 valence electrons. The van der Waals surface area contributed by atoms with Crippen molar-refractivity contribution in [2.24, 2.45) is 0 Å². The lowest BCUT2D eigenvalue weighted by atomic mass is 10.2. The van der Waals surface area contributed by atoms with Crippen LogP contribution in [0, 0.1) is 0 Å². The lowest BCUT2D eigenvalue weighted by Gasteiger charge is -1.91. The molecule has 3 nitrogen and oxygen atoms in total. The van der Waals surface area contributed by atoms with Gasteiger partial charge in [0.1, 0.15) is 5.75 Å². The molecule has 2 N–H and O–H groups in total. The first-order chi connectivity index (χ1) is 6.59. The minimum atomic E-state index is -1.13. The number of hydrogen-bond acceptors (Lipinski definition) is 3. The van der Waals surface area contributed by atoms with Crippen molar-refractivity contribution in [3.05, 3.63) is 28.1 Å². The SMILES string of the molecule is O=C(O)c1sc2ccc(Cl)cc2c1O. The highest BCUT2D eigenvalue weighted by Crippen LogP contribution is 2.37. The molecule has 0 saturated carbocycles. The van der Waals surface area contributed by atoms with Crippen LogP contribution in [-0.4, -0.2) is 16.2 Å². The molecule has 0 aliphatic heterocycles. The highest BCUT2D eigenvalue weighted by Gasteiger charge is 2.16. The van der Waals surface area contributed by atoms with E-state index in [0.717, 1.165) is 11.3 Å². The number of aromatic hydroxyl groups is 1. The third kappa shape index (κ3) is 1.32. The average Bonchev–Trinajstić information content (AvgIpc) is 2.44. The molecule has 1 aromatic carbocycles. The van der Waals surface area contributed by atoms with Gasteiger partial charge in [-0.15, -0.1) is 11.3 Å². The first-order valence-electron chi connectivity index (χ1n) is 3.74. The summed E-state index contributed by atoms with van der Waals surface area (Å²) in [4.78, 5) is 10.6. The molecule has 0 atom stereocenters. The zero-order valence-corrected chi connectivity index (χ0v) is 8.39. The Bertz CT molecular complexity index is 518. The standard InChI is InChI=1S/C9H5ClO3S/c10-4-1-2-6-5(3-4)7(11)8(14-6)9(12)13/h1-3,11H,(H,12,13). The molecule has 5 heteroatoms. The predicted octanol–water partition coefficient (Wildman–Crippen LogP) is 2.96. The van der Waals surface area contributed by atoms with Gasteiger partial charge in [-0.25, -0.2) is 4.79 Å². The van der Waals surface area contributed by atoms with Gasteiger partial charge >= 0.3 is 5.97 Å². The van der Waals surface area contributed by atoms with Crippen molar-refractivity contribution < 1.29 is 15.0 Å². The van der Waals surface area contributed by atoms with Crippen molar-refractivity contribution >= 4 is 39.0 Å². The van der Waals surface area contributed by atoms with Gasteiger partial charge in [0.2, 0.25) is 0 Å². The Morgan fingerprint density at radius 1 is 1.43 bits per heavy atom. The van der Waals surface area contributed by atoms with E-state index in [4.69, 9.17) is 16.7 Å². The van der Waals surface area contributed by atoms with Gasteiger partial charge in [0.25, 0.3) is 0 Å². The van der Waals surface area contributed by atoms with E-state index in [1.54, 1.807) is 18.2 Å². The maximum atomic E-state index is 10.7. The molecule has 2 rings (SSSR count). The van der Waals surface area contributed by atoms with Crippen LogP contribution in [0.5, 0.6) is 5.75 Å². The predicted molar refractivity (Wildman–Crippen MR) is 55.5 cm³/mol. The topological polar surface area (TPSA) is 57.5 Å². The van der Waals surface area contributed by atoms with Gasteiger partial charge in [-0.1, -0.05) is 11.6 Å². The third-order valence-corrected chi connectivity index (χ3v) is 3.20. The van der Waals surface area contributed by atoms with Gasteiger partial charge in [0.15, 0.2) is 4.88 Å². The van der Waals surface area contributed by atoms with Crippen molar-refractivity contribution in [1.29, 1.82) is 0 Å². The fourth-order valence-corrected chi connectivity index (χ4v) is 2.29. The normalized spacial score (nSPS) is 10.6. The zero-order valence-electron chi connectivity index (χ0n) is 6.82. The highest BCUT2D eigenvalue weighted by molar-refractivity contribution is 7.21. The fourth-order valence-electron chi connectivity index (χ4n) is 1.20. The van der Waals surface area contributed by atoms with E-state index in [1.165, 1.54) is 0 Å². The second-order valence-corrected chi connectivity index (χ2v) is 4.21. The lowest BCUT2D eigenvalue weighted by Crippen LogP contribution is -1.90. The minimum absolute atomic E-state index is 0.0535. The molecule has 2 aromatic rings. The number of benzene rings is 1. The van der Waals surface area contributed by atoms with Gasteiger partial charge in [0.05, 0.1) is 0 Å². The first kappa shape index (κ1) is 9.30. The molecule has 0 saturated heterocycles. The molecule has 0 amide bonds. The number of thiophene rings is 1. The molecule has 0 aliphatic rings. The summed E-state index contributed by atoms with van der Waals surface area (Å²) < 4.78 is 0.712. The van der Waals surface area contributed by atoms with Crippen molar-refractivity contribution in [2.45, 2.75) is 0 Å². The molecule has 14 heavy (non-hydrogen) atoms. The summed E-state index contributed by atoms with van der Waals surface area (Å²) in [5.74, 6) is -1.33. The maximum Gasteiger partial charge on any atom is 0.349 e. The van der Waals surface area contributed by atoms with Crippen LogP contribution in [0.4, 0.5) is 0 Å². The molecular weight excluding hydrogens is 224 g/mol. The Labute approximate surface area is 88.2 Å². The molecule has 0 unspecified atom stereocenters. The quantitative estimate of drug-likeness (QED) is 0.789. The van der Waals surface area contributed by atoms with E-state index in [0.29, 0.717) is 15.1 Å². The van der Waals surface area contributed by atoms with Gasteiger partial charge in [-0.3, -0.25) is 0 Å². The second-order valence-electron chi connectivity index (χ2n) is 2.73. The monoisotopic (exact) mass is 228 g/mol. The Balaban J connectivity index is 2.80. The van der Waals surface area contributed by atoms with E-state index in [9.17, 15) is 9.90 Å². The smallest absolute Gasteiger partial charge is 0.349 e. The number of carbonyl (C=O) groups is 1. The largest absolute Gasteiger partial charge is 0.505 e. The Morgan fingerprint density at radius 2 is 2.14 bits per heavy atom. The third-order valence-electron chi connectivity index (χ3n) is 1.82. The van der Waals surface area contributed by atoms with Crippen LogP contribution in [0.15, 0.2) is 18.2 Å². The van der Waals surface area contributed by atoms with E-state index < -0.39 is 5.97 Å². The van der Waals surface area contributed by atoms with Gasteiger partial charge in [-0.05, 0) is 18.2 Å². The molecule has 1 heterocycles. The van der Waals surface area contributed by atoms with E-state index in [-0.39, 0.29) is 10.6 Å². The average molecular weight is 229 g/mol. The van der Waals surface area contributed by atoms with Gasteiger partial charge in [-0.2, -0.15) is 0 Å². The summed E-state index contributed by atoms with van der Waals surface area (Å²) >= 11 is 6.76. The van der Waals surface area contributed by atoms with Crippen molar-refractivity contribution in [3.8, 4) is 5.75 Å². The van der Waals surface area contributed by atoms with Crippen LogP contribution in [0.2, 0.25) is 5.02 Å². The second kappa shape index (κ2) is 3.15.